The number of aliphatic hydroxyl groups is 1. The molecule has 1 aromatic heterocycles. The third-order valence-electron chi connectivity index (χ3n) is 3.71. The molecular weight excluding hydrogens is 419 g/mol. The Kier molecular flexibility index (Phi) is 9.57. The van der Waals surface area contributed by atoms with Crippen LogP contribution in [0.5, 0.6) is 0 Å². The van der Waals surface area contributed by atoms with Gasteiger partial charge < -0.3 is 21.1 Å². The lowest BCUT2D eigenvalue weighted by Crippen LogP contribution is -2.39. The van der Waals surface area contributed by atoms with Crippen molar-refractivity contribution in [2.75, 3.05) is 26.2 Å². The van der Waals surface area contributed by atoms with Gasteiger partial charge in [-0.05, 0) is 48.6 Å². The molecule has 0 saturated carbocycles. The van der Waals surface area contributed by atoms with E-state index in [0.29, 0.717) is 46.1 Å². The molecule has 0 aliphatic carbocycles. The summed E-state index contributed by atoms with van der Waals surface area (Å²) < 4.78 is 0. The molecule has 152 valence electrons. The number of nitrogens with one attached hydrogen (secondary N) is 3. The number of aliphatic hydroxyl groups excluding tert-OH is 1. The maximum atomic E-state index is 11.9. The third kappa shape index (κ3) is 7.67. The third-order valence-corrected chi connectivity index (χ3v) is 5.02. The van der Waals surface area contributed by atoms with Crippen LogP contribution in [0.15, 0.2) is 40.7 Å². The monoisotopic (exact) mass is 442 g/mol. The zero-order valence-electron chi connectivity index (χ0n) is 15.5. The predicted octanol–water partition coefficient (Wildman–Crippen LogP) is 3.46. The van der Waals surface area contributed by atoms with Crippen LogP contribution in [-0.4, -0.2) is 43.2 Å². The summed E-state index contributed by atoms with van der Waals surface area (Å²) in [6.45, 7) is 4.02. The van der Waals surface area contributed by atoms with Gasteiger partial charge in [-0.15, -0.1) is 11.3 Å². The van der Waals surface area contributed by atoms with Gasteiger partial charge in [0.1, 0.15) is 0 Å². The van der Waals surface area contributed by atoms with Crippen LogP contribution in [0.3, 0.4) is 0 Å². The van der Waals surface area contributed by atoms with Gasteiger partial charge in [0, 0.05) is 29.7 Å². The van der Waals surface area contributed by atoms with E-state index in [1.165, 1.54) is 11.3 Å². The van der Waals surface area contributed by atoms with Crippen LogP contribution in [0.4, 0.5) is 0 Å². The van der Waals surface area contributed by atoms with E-state index in [0.717, 1.165) is 6.42 Å². The number of hydrogen-bond acceptors (Lipinski definition) is 4. The van der Waals surface area contributed by atoms with Crippen LogP contribution in [0.25, 0.3) is 0 Å². The quantitative estimate of drug-likeness (QED) is 0.272. The molecule has 4 N–H and O–H groups in total. The number of halogens is 2. The number of amides is 1. The molecule has 0 fully saturated rings. The highest BCUT2D eigenvalue weighted by molar-refractivity contribution is 7.12. The van der Waals surface area contributed by atoms with E-state index in [1.807, 2.05) is 18.4 Å². The minimum Gasteiger partial charge on any atom is -0.386 e. The maximum Gasteiger partial charge on any atom is 0.261 e. The van der Waals surface area contributed by atoms with Crippen molar-refractivity contribution in [2.45, 2.75) is 19.4 Å². The Balaban J connectivity index is 1.77. The van der Waals surface area contributed by atoms with Gasteiger partial charge in [-0.1, -0.05) is 29.3 Å². The number of rotatable bonds is 9. The fraction of sp³-hybridized carbons (Fsp3) is 0.368. The molecule has 0 bridgehead atoms. The molecule has 1 atom stereocenters. The van der Waals surface area contributed by atoms with Crippen molar-refractivity contribution in [1.82, 2.24) is 16.0 Å². The Morgan fingerprint density at radius 3 is 2.54 bits per heavy atom. The first kappa shape index (κ1) is 22.5. The Labute approximate surface area is 179 Å². The molecule has 28 heavy (non-hydrogen) atoms. The number of nitrogens with zero attached hydrogens (tertiary/aromatic N) is 1. The summed E-state index contributed by atoms with van der Waals surface area (Å²) in [6.07, 6.45) is -0.0645. The minimum absolute atomic E-state index is 0.0566. The average molecular weight is 443 g/mol. The first-order valence-corrected chi connectivity index (χ1v) is 10.6. The van der Waals surface area contributed by atoms with Crippen molar-refractivity contribution in [3.63, 3.8) is 0 Å². The molecule has 1 unspecified atom stereocenters. The Hall–Kier alpha value is -1.80. The van der Waals surface area contributed by atoms with E-state index in [1.54, 1.807) is 24.3 Å². The normalized spacial score (nSPS) is 12.5. The molecule has 2 aromatic rings. The van der Waals surface area contributed by atoms with Crippen LogP contribution >= 0.6 is 34.5 Å². The fourth-order valence-corrected chi connectivity index (χ4v) is 3.57. The van der Waals surface area contributed by atoms with E-state index < -0.39 is 6.10 Å². The summed E-state index contributed by atoms with van der Waals surface area (Å²) in [5.41, 5.74) is 0.619. The van der Waals surface area contributed by atoms with Crippen molar-refractivity contribution in [3.8, 4) is 0 Å². The lowest BCUT2D eigenvalue weighted by Gasteiger charge is -2.14. The molecule has 9 heteroatoms. The summed E-state index contributed by atoms with van der Waals surface area (Å²) in [7, 11) is 0. The van der Waals surface area contributed by atoms with Crippen molar-refractivity contribution < 1.29 is 9.90 Å². The predicted molar refractivity (Wildman–Crippen MR) is 117 cm³/mol. The van der Waals surface area contributed by atoms with Crippen LogP contribution in [0.1, 0.15) is 34.7 Å². The molecule has 0 spiro atoms. The van der Waals surface area contributed by atoms with Gasteiger partial charge in [0.05, 0.1) is 17.5 Å². The molecule has 6 nitrogen and oxygen atoms in total. The molecule has 0 aliphatic heterocycles. The highest BCUT2D eigenvalue weighted by Gasteiger charge is 2.10. The smallest absolute Gasteiger partial charge is 0.261 e. The number of guanidine groups is 1. The number of thiophene rings is 1. The van der Waals surface area contributed by atoms with E-state index in [2.05, 4.69) is 20.9 Å². The number of carbonyl (C=O) groups is 1. The standard InChI is InChI=1S/C19H24Cl2N4O2S/c1-2-22-19(24-7-4-6-23-18(27)17-5-3-8-28-17)25-12-16(26)13-9-14(20)11-15(21)10-13/h3,5,8-11,16,26H,2,4,6-7,12H2,1H3,(H,23,27)(H2,22,24,25). The van der Waals surface area contributed by atoms with Crippen molar-refractivity contribution in [2.24, 2.45) is 4.99 Å². The Bertz CT molecular complexity index is 764. The summed E-state index contributed by atoms with van der Waals surface area (Å²) in [5, 5.41) is 22.3. The van der Waals surface area contributed by atoms with Gasteiger partial charge in [-0.25, -0.2) is 0 Å². The number of aliphatic imine (C=N–C) groups is 1. The van der Waals surface area contributed by atoms with Crippen LogP contribution in [-0.2, 0) is 0 Å². The summed E-state index contributed by atoms with van der Waals surface area (Å²) >= 11 is 13.4. The zero-order valence-corrected chi connectivity index (χ0v) is 17.9. The topological polar surface area (TPSA) is 85.8 Å². The van der Waals surface area contributed by atoms with Gasteiger partial charge >= 0.3 is 0 Å². The van der Waals surface area contributed by atoms with Gasteiger partial charge in [0.15, 0.2) is 5.96 Å². The highest BCUT2D eigenvalue weighted by atomic mass is 35.5. The van der Waals surface area contributed by atoms with Crippen LogP contribution < -0.4 is 16.0 Å². The minimum atomic E-state index is -0.809. The highest BCUT2D eigenvalue weighted by Crippen LogP contribution is 2.23. The first-order chi connectivity index (χ1) is 13.5. The fourth-order valence-electron chi connectivity index (χ4n) is 2.38. The number of hydrogen-bond donors (Lipinski definition) is 4. The Morgan fingerprint density at radius 1 is 1.18 bits per heavy atom. The lowest BCUT2D eigenvalue weighted by molar-refractivity contribution is 0.0957. The largest absolute Gasteiger partial charge is 0.386 e. The SMILES string of the molecule is CCNC(=NCC(O)c1cc(Cl)cc(Cl)c1)NCCCNC(=O)c1cccs1. The molecule has 0 saturated heterocycles. The second kappa shape index (κ2) is 11.9. The number of benzene rings is 1. The summed E-state index contributed by atoms with van der Waals surface area (Å²) in [5.74, 6) is 0.540. The molecule has 1 amide bonds. The van der Waals surface area contributed by atoms with Crippen molar-refractivity contribution in [3.05, 3.63) is 56.2 Å². The van der Waals surface area contributed by atoms with E-state index in [4.69, 9.17) is 23.2 Å². The van der Waals surface area contributed by atoms with E-state index in [9.17, 15) is 9.90 Å². The second-order valence-electron chi connectivity index (χ2n) is 5.95. The summed E-state index contributed by atoms with van der Waals surface area (Å²) in [4.78, 5) is 17.0. The molecule has 1 aromatic carbocycles. The van der Waals surface area contributed by atoms with Gasteiger partial charge in [0.25, 0.3) is 5.91 Å². The van der Waals surface area contributed by atoms with Crippen LogP contribution in [0.2, 0.25) is 10.0 Å². The first-order valence-electron chi connectivity index (χ1n) is 8.97. The zero-order chi connectivity index (χ0) is 20.4. The maximum absolute atomic E-state index is 11.9. The number of carbonyl (C=O) groups excluding carboxylic acids is 1. The molecule has 2 rings (SSSR count). The van der Waals surface area contributed by atoms with E-state index in [-0.39, 0.29) is 12.5 Å². The molecule has 1 heterocycles. The van der Waals surface area contributed by atoms with Crippen molar-refractivity contribution in [1.29, 1.82) is 0 Å². The van der Waals surface area contributed by atoms with Gasteiger partial charge in [-0.2, -0.15) is 0 Å². The summed E-state index contributed by atoms with van der Waals surface area (Å²) in [6, 6.07) is 8.61. The van der Waals surface area contributed by atoms with Crippen molar-refractivity contribution >= 4 is 46.4 Å². The van der Waals surface area contributed by atoms with Gasteiger partial charge in [0.2, 0.25) is 0 Å². The van der Waals surface area contributed by atoms with Crippen LogP contribution in [0, 0.1) is 0 Å². The molecular formula is C19H24Cl2N4O2S. The van der Waals surface area contributed by atoms with E-state index >= 15 is 0 Å². The molecule has 0 radical (unpaired) electrons. The second-order valence-corrected chi connectivity index (χ2v) is 7.77. The average Bonchev–Trinajstić information content (AvgIpc) is 3.19. The Morgan fingerprint density at radius 2 is 1.89 bits per heavy atom. The van der Waals surface area contributed by atoms with Gasteiger partial charge in [-0.3, -0.25) is 9.79 Å². The lowest BCUT2D eigenvalue weighted by atomic mass is 10.1. The molecule has 0 aliphatic rings.